The molecule has 2 aromatic rings. The Kier molecular flexibility index (Phi) is 11.6. The lowest BCUT2D eigenvalue weighted by Crippen LogP contribution is -2.29. The number of hydrogen-bond donors (Lipinski definition) is 0. The quantitative estimate of drug-likeness (QED) is 0.132. The second-order valence-corrected chi connectivity index (χ2v) is 11.6. The highest BCUT2D eigenvalue weighted by atomic mass is 32.2. The minimum Gasteiger partial charge on any atom is -0.493 e. The van der Waals surface area contributed by atoms with Gasteiger partial charge >= 0.3 is 0 Å². The van der Waals surface area contributed by atoms with Crippen molar-refractivity contribution in [2.45, 2.75) is 56.8 Å². The van der Waals surface area contributed by atoms with E-state index in [2.05, 4.69) is 17.9 Å². The number of halogens is 1. The van der Waals surface area contributed by atoms with Gasteiger partial charge in [0.1, 0.15) is 5.82 Å². The SMILES string of the molecule is C=CCN1C(=O)/C(=C/c2ccc(OC)c(OCCCCCCCCC)c2)SC1=NS(=O)(=O)c1ccc(F)cc1. The van der Waals surface area contributed by atoms with Gasteiger partial charge in [-0.1, -0.05) is 57.6 Å². The van der Waals surface area contributed by atoms with E-state index in [1.54, 1.807) is 31.4 Å². The van der Waals surface area contributed by atoms with Gasteiger partial charge in [-0.05, 0) is 66.2 Å². The minimum atomic E-state index is -4.16. The van der Waals surface area contributed by atoms with Crippen LogP contribution in [0.3, 0.4) is 0 Å². The first-order valence-corrected chi connectivity index (χ1v) is 15.3. The summed E-state index contributed by atoms with van der Waals surface area (Å²) in [6.07, 6.45) is 11.4. The molecule has 2 aromatic carbocycles. The van der Waals surface area contributed by atoms with Gasteiger partial charge in [-0.25, -0.2) is 4.39 Å². The van der Waals surface area contributed by atoms with Crippen LogP contribution >= 0.6 is 11.8 Å². The predicted molar refractivity (Wildman–Crippen MR) is 155 cm³/mol. The van der Waals surface area contributed by atoms with Gasteiger partial charge in [0.2, 0.25) is 0 Å². The molecule has 3 rings (SSSR count). The van der Waals surface area contributed by atoms with Gasteiger partial charge in [0, 0.05) is 6.54 Å². The van der Waals surface area contributed by atoms with Crippen LogP contribution in [0.4, 0.5) is 4.39 Å². The van der Waals surface area contributed by atoms with Gasteiger partial charge in [0.25, 0.3) is 15.9 Å². The fourth-order valence-electron chi connectivity index (χ4n) is 3.92. The van der Waals surface area contributed by atoms with Crippen LogP contribution in [0.2, 0.25) is 0 Å². The van der Waals surface area contributed by atoms with Gasteiger partial charge < -0.3 is 9.47 Å². The molecule has 0 aliphatic carbocycles. The predicted octanol–water partition coefficient (Wildman–Crippen LogP) is 6.81. The maximum Gasteiger partial charge on any atom is 0.284 e. The zero-order valence-electron chi connectivity index (χ0n) is 22.4. The standard InChI is InChI=1S/C29H35FN2O5S2/c1-4-6-7-8-9-10-11-19-37-26-20-22(12-17-25(26)36-3)21-27-28(33)32(18-5-2)29(38-27)31-39(34,35)24-15-13-23(30)14-16-24/h5,12-17,20-21H,2,4,6-11,18-19H2,1,3H3/b27-21-,31-29?. The smallest absolute Gasteiger partial charge is 0.284 e. The number of unbranched alkanes of at least 4 members (excludes halogenated alkanes) is 6. The number of amides is 1. The minimum absolute atomic E-state index is 0.000558. The lowest BCUT2D eigenvalue weighted by atomic mass is 10.1. The Hall–Kier alpha value is -3.11. The molecule has 210 valence electrons. The summed E-state index contributed by atoms with van der Waals surface area (Å²) in [4.78, 5) is 14.5. The van der Waals surface area contributed by atoms with E-state index in [9.17, 15) is 17.6 Å². The monoisotopic (exact) mass is 574 g/mol. The lowest BCUT2D eigenvalue weighted by Gasteiger charge is -2.12. The average molecular weight is 575 g/mol. The van der Waals surface area contributed by atoms with Gasteiger partial charge in [0.05, 0.1) is 23.5 Å². The van der Waals surface area contributed by atoms with E-state index >= 15 is 0 Å². The molecule has 1 aliphatic heterocycles. The topological polar surface area (TPSA) is 85.3 Å². The van der Waals surface area contributed by atoms with E-state index in [4.69, 9.17) is 9.47 Å². The molecule has 0 unspecified atom stereocenters. The first kappa shape index (κ1) is 30.4. The zero-order valence-corrected chi connectivity index (χ0v) is 24.0. The summed E-state index contributed by atoms with van der Waals surface area (Å²) in [6, 6.07) is 9.72. The average Bonchev–Trinajstić information content (AvgIpc) is 3.19. The summed E-state index contributed by atoms with van der Waals surface area (Å²) >= 11 is 0.949. The molecule has 0 N–H and O–H groups in total. The van der Waals surface area contributed by atoms with E-state index in [1.807, 2.05) is 0 Å². The number of carbonyl (C=O) groups excluding carboxylic acids is 1. The first-order chi connectivity index (χ1) is 18.8. The Balaban J connectivity index is 1.76. The Morgan fingerprint density at radius 2 is 1.72 bits per heavy atom. The molecule has 1 heterocycles. The number of thioether (sulfide) groups is 1. The number of sulfonamides is 1. The van der Waals surface area contributed by atoms with Crippen LogP contribution < -0.4 is 9.47 Å². The Morgan fingerprint density at radius 1 is 1.03 bits per heavy atom. The van der Waals surface area contributed by atoms with Crippen molar-refractivity contribution in [2.75, 3.05) is 20.3 Å². The summed E-state index contributed by atoms with van der Waals surface area (Å²) in [5.41, 5.74) is 0.697. The lowest BCUT2D eigenvalue weighted by molar-refractivity contribution is -0.121. The van der Waals surface area contributed by atoms with Gasteiger partial charge in [0.15, 0.2) is 16.7 Å². The summed E-state index contributed by atoms with van der Waals surface area (Å²) < 4.78 is 54.2. The fourth-order valence-corrected chi connectivity index (χ4v) is 6.11. The first-order valence-electron chi connectivity index (χ1n) is 13.0. The van der Waals surface area contributed by atoms with E-state index in [0.717, 1.165) is 48.9 Å². The number of nitrogens with zero attached hydrogens (tertiary/aromatic N) is 2. The molecule has 0 atom stereocenters. The molecule has 0 spiro atoms. The molecule has 0 bridgehead atoms. The van der Waals surface area contributed by atoms with Gasteiger partial charge in [-0.3, -0.25) is 9.69 Å². The Labute approximate surface area is 234 Å². The Bertz CT molecular complexity index is 1310. The largest absolute Gasteiger partial charge is 0.493 e. The van der Waals surface area contributed by atoms with Crippen molar-refractivity contribution in [1.82, 2.24) is 4.90 Å². The molecule has 1 fully saturated rings. The fraction of sp³-hybridized carbons (Fsp3) is 0.379. The zero-order chi connectivity index (χ0) is 28.3. The molecule has 7 nitrogen and oxygen atoms in total. The van der Waals surface area contributed by atoms with Crippen molar-refractivity contribution < 1.29 is 27.1 Å². The van der Waals surface area contributed by atoms with Crippen LogP contribution in [0.25, 0.3) is 6.08 Å². The van der Waals surface area contributed by atoms with Gasteiger partial charge in [-0.2, -0.15) is 8.42 Å². The number of hydrogen-bond acceptors (Lipinski definition) is 6. The third kappa shape index (κ3) is 8.69. The molecule has 1 aliphatic rings. The number of rotatable bonds is 15. The van der Waals surface area contributed by atoms with Crippen molar-refractivity contribution in [3.8, 4) is 11.5 Å². The second kappa shape index (κ2) is 14.9. The molecule has 0 saturated carbocycles. The van der Waals surface area contributed by atoms with E-state index in [0.29, 0.717) is 28.6 Å². The van der Waals surface area contributed by atoms with Crippen LogP contribution in [0, 0.1) is 5.82 Å². The molecule has 0 aromatic heterocycles. The number of ether oxygens (including phenoxy) is 2. The molecule has 1 saturated heterocycles. The van der Waals surface area contributed by atoms with Crippen LogP contribution in [0.5, 0.6) is 11.5 Å². The molecular weight excluding hydrogens is 539 g/mol. The van der Waals surface area contributed by atoms with E-state index in [-0.39, 0.29) is 16.6 Å². The maximum absolute atomic E-state index is 13.3. The van der Waals surface area contributed by atoms with E-state index < -0.39 is 21.7 Å². The normalized spacial score (nSPS) is 15.8. The molecule has 10 heteroatoms. The summed E-state index contributed by atoms with van der Waals surface area (Å²) in [5, 5.41) is -0.000558. The van der Waals surface area contributed by atoms with Crippen LogP contribution in [-0.2, 0) is 14.8 Å². The van der Waals surface area contributed by atoms with Crippen molar-refractivity contribution in [2.24, 2.45) is 4.40 Å². The number of benzene rings is 2. The highest BCUT2D eigenvalue weighted by Crippen LogP contribution is 2.35. The molecule has 0 radical (unpaired) electrons. The van der Waals surface area contributed by atoms with Crippen molar-refractivity contribution in [3.05, 3.63) is 71.4 Å². The molecular formula is C29H35FN2O5S2. The summed E-state index contributed by atoms with van der Waals surface area (Å²) in [7, 11) is -2.59. The van der Waals surface area contributed by atoms with Crippen LogP contribution in [-0.4, -0.2) is 44.7 Å². The number of carbonyl (C=O) groups is 1. The second-order valence-electron chi connectivity index (χ2n) is 9.00. The maximum atomic E-state index is 13.3. The van der Waals surface area contributed by atoms with Crippen molar-refractivity contribution in [1.29, 1.82) is 0 Å². The highest BCUT2D eigenvalue weighted by Gasteiger charge is 2.34. The Morgan fingerprint density at radius 3 is 2.38 bits per heavy atom. The summed E-state index contributed by atoms with van der Waals surface area (Å²) in [6.45, 7) is 6.50. The van der Waals surface area contributed by atoms with Crippen LogP contribution in [0.15, 0.2) is 69.3 Å². The third-order valence-electron chi connectivity index (χ3n) is 6.00. The molecule has 39 heavy (non-hydrogen) atoms. The number of amidine groups is 1. The summed E-state index contributed by atoms with van der Waals surface area (Å²) in [5.74, 6) is 0.209. The highest BCUT2D eigenvalue weighted by molar-refractivity contribution is 8.19. The number of methoxy groups -OCH3 is 1. The third-order valence-corrected chi connectivity index (χ3v) is 8.40. The van der Waals surface area contributed by atoms with Crippen LogP contribution in [0.1, 0.15) is 57.4 Å². The van der Waals surface area contributed by atoms with Crippen molar-refractivity contribution >= 4 is 38.9 Å². The van der Waals surface area contributed by atoms with E-state index in [1.165, 1.54) is 43.1 Å². The molecule has 1 amide bonds. The van der Waals surface area contributed by atoms with Gasteiger partial charge in [-0.15, -0.1) is 11.0 Å². The van der Waals surface area contributed by atoms with Crippen molar-refractivity contribution in [3.63, 3.8) is 0 Å².